The summed E-state index contributed by atoms with van der Waals surface area (Å²) >= 11 is 8.30. The molecule has 0 spiro atoms. The standard InChI is InChI=1S/C13H17ClINO/c1-8(2)11(14)7-16-13(17)10-6-4-5-9(3)12(10)15/h4-6,8,11H,7H2,1-3H3,(H,16,17). The minimum atomic E-state index is -0.0515. The summed E-state index contributed by atoms with van der Waals surface area (Å²) in [6, 6.07) is 5.73. The van der Waals surface area contributed by atoms with Gasteiger partial charge < -0.3 is 5.32 Å². The lowest BCUT2D eigenvalue weighted by Crippen LogP contribution is -2.32. The Morgan fingerprint density at radius 2 is 2.12 bits per heavy atom. The van der Waals surface area contributed by atoms with Crippen LogP contribution in [0.2, 0.25) is 0 Å². The number of carbonyl (C=O) groups excluding carboxylic acids is 1. The van der Waals surface area contributed by atoms with Gasteiger partial charge in [0.05, 0.1) is 10.9 Å². The first-order chi connectivity index (χ1) is 7.93. The number of halogens is 2. The fraction of sp³-hybridized carbons (Fsp3) is 0.462. The average molecular weight is 366 g/mol. The molecule has 0 aliphatic carbocycles. The van der Waals surface area contributed by atoms with Crippen LogP contribution < -0.4 is 5.32 Å². The Morgan fingerprint density at radius 3 is 2.71 bits per heavy atom. The van der Waals surface area contributed by atoms with Gasteiger partial charge in [0.2, 0.25) is 0 Å². The molecule has 0 saturated heterocycles. The predicted molar refractivity (Wildman–Crippen MR) is 80.7 cm³/mol. The number of rotatable bonds is 4. The van der Waals surface area contributed by atoms with E-state index >= 15 is 0 Å². The molecular formula is C13H17ClINO. The maximum absolute atomic E-state index is 12.0. The zero-order chi connectivity index (χ0) is 13.0. The largest absolute Gasteiger partial charge is 0.351 e. The van der Waals surface area contributed by atoms with Crippen molar-refractivity contribution in [2.75, 3.05) is 6.54 Å². The lowest BCUT2D eigenvalue weighted by Gasteiger charge is -2.14. The zero-order valence-corrected chi connectivity index (χ0v) is 13.2. The molecule has 0 aliphatic heterocycles. The minimum Gasteiger partial charge on any atom is -0.351 e. The summed E-state index contributed by atoms with van der Waals surface area (Å²) in [6.45, 7) is 6.58. The molecule has 1 rings (SSSR count). The second-order valence-electron chi connectivity index (χ2n) is 4.41. The van der Waals surface area contributed by atoms with E-state index in [1.807, 2.05) is 39.0 Å². The highest BCUT2D eigenvalue weighted by atomic mass is 127. The van der Waals surface area contributed by atoms with Gasteiger partial charge in [0.15, 0.2) is 0 Å². The number of hydrogen-bond acceptors (Lipinski definition) is 1. The maximum atomic E-state index is 12.0. The van der Waals surface area contributed by atoms with Crippen LogP contribution in [0.3, 0.4) is 0 Å². The fourth-order valence-electron chi connectivity index (χ4n) is 1.34. The topological polar surface area (TPSA) is 29.1 Å². The number of hydrogen-bond donors (Lipinski definition) is 1. The van der Waals surface area contributed by atoms with E-state index in [4.69, 9.17) is 11.6 Å². The van der Waals surface area contributed by atoms with Crippen molar-refractivity contribution in [2.45, 2.75) is 26.1 Å². The monoisotopic (exact) mass is 365 g/mol. The van der Waals surface area contributed by atoms with Crippen LogP contribution in [-0.4, -0.2) is 17.8 Å². The van der Waals surface area contributed by atoms with Crippen molar-refractivity contribution >= 4 is 40.1 Å². The van der Waals surface area contributed by atoms with E-state index < -0.39 is 0 Å². The molecule has 0 saturated carbocycles. The van der Waals surface area contributed by atoms with E-state index in [2.05, 4.69) is 27.9 Å². The van der Waals surface area contributed by atoms with Crippen LogP contribution in [0.1, 0.15) is 29.8 Å². The third kappa shape index (κ3) is 4.14. The minimum absolute atomic E-state index is 0.0265. The van der Waals surface area contributed by atoms with Crippen LogP contribution in [-0.2, 0) is 0 Å². The molecule has 0 fully saturated rings. The van der Waals surface area contributed by atoms with Crippen molar-refractivity contribution in [3.8, 4) is 0 Å². The summed E-state index contributed by atoms with van der Waals surface area (Å²) in [5.74, 6) is 0.304. The summed E-state index contributed by atoms with van der Waals surface area (Å²) in [7, 11) is 0. The predicted octanol–water partition coefficient (Wildman–Crippen LogP) is 3.59. The Hall–Kier alpha value is -0.290. The van der Waals surface area contributed by atoms with Crippen LogP contribution in [0, 0.1) is 16.4 Å². The molecule has 17 heavy (non-hydrogen) atoms. The molecule has 1 aromatic carbocycles. The SMILES string of the molecule is Cc1cccc(C(=O)NCC(Cl)C(C)C)c1I. The molecule has 94 valence electrons. The number of carbonyl (C=O) groups is 1. The summed E-state index contributed by atoms with van der Waals surface area (Å²) in [6.07, 6.45) is 0. The molecule has 1 amide bonds. The van der Waals surface area contributed by atoms with Gasteiger partial charge in [0, 0.05) is 10.1 Å². The normalized spacial score (nSPS) is 12.6. The van der Waals surface area contributed by atoms with Crippen molar-refractivity contribution in [3.63, 3.8) is 0 Å². The molecule has 0 heterocycles. The van der Waals surface area contributed by atoms with Crippen molar-refractivity contribution in [2.24, 2.45) is 5.92 Å². The van der Waals surface area contributed by atoms with E-state index in [9.17, 15) is 4.79 Å². The van der Waals surface area contributed by atoms with E-state index in [0.29, 0.717) is 12.5 Å². The second-order valence-corrected chi connectivity index (χ2v) is 6.05. The quantitative estimate of drug-likeness (QED) is 0.641. The third-order valence-corrected chi connectivity index (χ3v) is 4.71. The van der Waals surface area contributed by atoms with Gasteiger partial charge in [-0.15, -0.1) is 11.6 Å². The fourth-order valence-corrected chi connectivity index (χ4v) is 2.03. The molecule has 1 aromatic rings. The van der Waals surface area contributed by atoms with Gasteiger partial charge in [0.25, 0.3) is 5.91 Å². The third-order valence-electron chi connectivity index (χ3n) is 2.62. The Morgan fingerprint density at radius 1 is 1.47 bits per heavy atom. The molecule has 0 aliphatic rings. The first kappa shape index (κ1) is 14.8. The number of benzene rings is 1. The van der Waals surface area contributed by atoms with Crippen molar-refractivity contribution < 1.29 is 4.79 Å². The van der Waals surface area contributed by atoms with Crippen LogP contribution in [0.15, 0.2) is 18.2 Å². The summed E-state index contributed by atoms with van der Waals surface area (Å²) in [4.78, 5) is 12.0. The van der Waals surface area contributed by atoms with Gasteiger partial charge in [-0.25, -0.2) is 0 Å². The van der Waals surface area contributed by atoms with Crippen LogP contribution in [0.4, 0.5) is 0 Å². The van der Waals surface area contributed by atoms with Gasteiger partial charge in [0.1, 0.15) is 0 Å². The van der Waals surface area contributed by atoms with E-state index in [0.717, 1.165) is 14.7 Å². The molecule has 1 atom stereocenters. The van der Waals surface area contributed by atoms with Gasteiger partial charge in [-0.3, -0.25) is 4.79 Å². The van der Waals surface area contributed by atoms with Gasteiger partial charge in [-0.2, -0.15) is 0 Å². The summed E-state index contributed by atoms with van der Waals surface area (Å²) in [5.41, 5.74) is 1.84. The first-order valence-corrected chi connectivity index (χ1v) is 7.12. The average Bonchev–Trinajstić information content (AvgIpc) is 2.29. The molecule has 0 bridgehead atoms. The van der Waals surface area contributed by atoms with Crippen LogP contribution in [0.25, 0.3) is 0 Å². The number of aryl methyl sites for hydroxylation is 1. The first-order valence-electron chi connectivity index (χ1n) is 5.61. The van der Waals surface area contributed by atoms with Crippen molar-refractivity contribution in [1.29, 1.82) is 0 Å². The summed E-state index contributed by atoms with van der Waals surface area (Å²) < 4.78 is 0.998. The molecule has 0 radical (unpaired) electrons. The van der Waals surface area contributed by atoms with Gasteiger partial charge in [-0.05, 0) is 47.1 Å². The van der Waals surface area contributed by atoms with E-state index in [1.54, 1.807) is 0 Å². The number of nitrogens with one attached hydrogen (secondary N) is 1. The second kappa shape index (κ2) is 6.59. The highest BCUT2D eigenvalue weighted by molar-refractivity contribution is 14.1. The molecular weight excluding hydrogens is 349 g/mol. The van der Waals surface area contributed by atoms with Gasteiger partial charge >= 0.3 is 0 Å². The Balaban J connectivity index is 2.68. The highest BCUT2D eigenvalue weighted by Crippen LogP contribution is 2.16. The van der Waals surface area contributed by atoms with Gasteiger partial charge in [-0.1, -0.05) is 26.0 Å². The van der Waals surface area contributed by atoms with E-state index in [1.165, 1.54) is 0 Å². The Bertz CT molecular complexity index is 406. The molecule has 1 unspecified atom stereocenters. The number of amides is 1. The zero-order valence-electron chi connectivity index (χ0n) is 10.3. The lowest BCUT2D eigenvalue weighted by molar-refractivity contribution is 0.0951. The van der Waals surface area contributed by atoms with Crippen molar-refractivity contribution in [3.05, 3.63) is 32.9 Å². The lowest BCUT2D eigenvalue weighted by atomic mass is 10.1. The highest BCUT2D eigenvalue weighted by Gasteiger charge is 2.14. The number of alkyl halides is 1. The van der Waals surface area contributed by atoms with Crippen LogP contribution >= 0.6 is 34.2 Å². The Labute approximate surface area is 121 Å². The Kier molecular flexibility index (Phi) is 5.73. The molecule has 2 nitrogen and oxygen atoms in total. The molecule has 1 N–H and O–H groups in total. The summed E-state index contributed by atoms with van der Waals surface area (Å²) in [5, 5.41) is 2.85. The van der Waals surface area contributed by atoms with Crippen LogP contribution in [0.5, 0.6) is 0 Å². The van der Waals surface area contributed by atoms with E-state index in [-0.39, 0.29) is 11.3 Å². The molecule has 4 heteroatoms. The smallest absolute Gasteiger partial charge is 0.252 e. The maximum Gasteiger partial charge on any atom is 0.252 e. The van der Waals surface area contributed by atoms with Crippen molar-refractivity contribution in [1.82, 2.24) is 5.32 Å². The molecule has 0 aromatic heterocycles.